The molecule has 2 saturated heterocycles. The number of nitrogens with one attached hydrogen (secondary N) is 1. The van der Waals surface area contributed by atoms with Crippen LogP contribution in [-0.4, -0.2) is 40.0 Å². The van der Waals surface area contributed by atoms with Gasteiger partial charge in [-0.2, -0.15) is 0 Å². The lowest BCUT2D eigenvalue weighted by Crippen LogP contribution is -2.50. The first-order valence-electron chi connectivity index (χ1n) is 8.59. The van der Waals surface area contributed by atoms with Crippen LogP contribution in [0.15, 0.2) is 24.3 Å². The number of halogens is 2. The second-order valence-electron chi connectivity index (χ2n) is 6.91. The predicted molar refractivity (Wildman–Crippen MR) is 104 cm³/mol. The first kappa shape index (κ1) is 20.0. The zero-order chi connectivity index (χ0) is 16.0. The number of rotatable bonds is 3. The number of amides is 1. The molecule has 138 valence electrons. The Kier molecular flexibility index (Phi) is 6.35. The summed E-state index contributed by atoms with van der Waals surface area (Å²) in [6.07, 6.45) is 2.08. The number of carbonyl (C=O) groups excluding carboxylic acids is 1. The second kappa shape index (κ2) is 7.94. The Morgan fingerprint density at radius 2 is 2.00 bits per heavy atom. The Morgan fingerprint density at radius 3 is 2.64 bits per heavy atom. The lowest BCUT2D eigenvalue weighted by Gasteiger charge is -2.35. The van der Waals surface area contributed by atoms with E-state index in [0.29, 0.717) is 11.8 Å². The van der Waals surface area contributed by atoms with Crippen LogP contribution in [0.2, 0.25) is 0 Å². The van der Waals surface area contributed by atoms with Crippen LogP contribution in [0.1, 0.15) is 31.6 Å². The van der Waals surface area contributed by atoms with Gasteiger partial charge in [0.15, 0.2) is 0 Å². The number of aryl methyl sites for hydroxylation is 1. The van der Waals surface area contributed by atoms with Crippen LogP contribution in [0, 0.1) is 11.8 Å². The van der Waals surface area contributed by atoms with Gasteiger partial charge in [-0.1, -0.05) is 19.1 Å². The highest BCUT2D eigenvalue weighted by Gasteiger charge is 2.38. The number of nitrogens with zero attached hydrogens (tertiary/aromatic N) is 3. The summed E-state index contributed by atoms with van der Waals surface area (Å²) in [6, 6.07) is 8.31. The molecule has 0 aliphatic carbocycles. The van der Waals surface area contributed by atoms with Gasteiger partial charge in [0.05, 0.1) is 17.1 Å². The summed E-state index contributed by atoms with van der Waals surface area (Å²) >= 11 is 0. The lowest BCUT2D eigenvalue weighted by atomic mass is 9.88. The number of fused-ring (bicyclic) bond motifs is 1. The van der Waals surface area contributed by atoms with E-state index in [0.717, 1.165) is 49.3 Å². The standard InChI is InChI=1S/C18H24N4O.2ClH/c1-12(13-10-19-11-13)18(23)22-9-5-8-16(22)17-20-14-6-3-4-7-15(14)21(17)2;;/h3-4,6-7,12-13,16,19H,5,8-11H2,1-2H3;2*1H. The summed E-state index contributed by atoms with van der Waals surface area (Å²) in [5.41, 5.74) is 2.15. The molecular weight excluding hydrogens is 359 g/mol. The van der Waals surface area contributed by atoms with Crippen molar-refractivity contribution in [3.8, 4) is 0 Å². The minimum absolute atomic E-state index is 0. The number of para-hydroxylation sites is 2. The van der Waals surface area contributed by atoms with Crippen LogP contribution in [0.25, 0.3) is 11.0 Å². The highest BCUT2D eigenvalue weighted by molar-refractivity contribution is 5.85. The van der Waals surface area contributed by atoms with Crippen LogP contribution >= 0.6 is 24.8 Å². The van der Waals surface area contributed by atoms with E-state index < -0.39 is 0 Å². The molecule has 1 aromatic carbocycles. The van der Waals surface area contributed by atoms with Crippen LogP contribution in [0.4, 0.5) is 0 Å². The van der Waals surface area contributed by atoms with Crippen molar-refractivity contribution >= 4 is 41.8 Å². The van der Waals surface area contributed by atoms with Crippen molar-refractivity contribution in [2.45, 2.75) is 25.8 Å². The molecule has 0 spiro atoms. The van der Waals surface area contributed by atoms with Crippen LogP contribution in [0.3, 0.4) is 0 Å². The number of benzene rings is 1. The molecule has 7 heteroatoms. The average molecular weight is 385 g/mol. The zero-order valence-corrected chi connectivity index (χ0v) is 16.3. The fourth-order valence-electron chi connectivity index (χ4n) is 3.89. The lowest BCUT2D eigenvalue weighted by molar-refractivity contribution is -0.138. The molecule has 0 radical (unpaired) electrons. The maximum atomic E-state index is 13.0. The van der Waals surface area contributed by atoms with E-state index in [9.17, 15) is 4.79 Å². The van der Waals surface area contributed by atoms with E-state index in [1.54, 1.807) is 0 Å². The van der Waals surface area contributed by atoms with Crippen molar-refractivity contribution in [2.24, 2.45) is 18.9 Å². The van der Waals surface area contributed by atoms with Crippen LogP contribution < -0.4 is 5.32 Å². The molecule has 4 rings (SSSR count). The quantitative estimate of drug-likeness (QED) is 0.884. The Hall–Kier alpha value is -1.30. The molecule has 1 N–H and O–H groups in total. The maximum Gasteiger partial charge on any atom is 0.226 e. The van der Waals surface area contributed by atoms with Gasteiger partial charge in [0.25, 0.3) is 0 Å². The van der Waals surface area contributed by atoms with Crippen molar-refractivity contribution in [2.75, 3.05) is 19.6 Å². The summed E-state index contributed by atoms with van der Waals surface area (Å²) < 4.78 is 2.15. The SMILES string of the molecule is CC(C(=O)N1CCCC1c1nc2ccccc2n1C)C1CNC1.Cl.Cl. The van der Waals surface area contributed by atoms with E-state index in [1.165, 1.54) is 0 Å². The van der Waals surface area contributed by atoms with Gasteiger partial charge in [0.2, 0.25) is 5.91 Å². The van der Waals surface area contributed by atoms with Gasteiger partial charge in [-0.3, -0.25) is 4.79 Å². The molecule has 1 aromatic heterocycles. The third-order valence-corrected chi connectivity index (χ3v) is 5.57. The zero-order valence-electron chi connectivity index (χ0n) is 14.6. The average Bonchev–Trinajstić information content (AvgIpc) is 3.10. The van der Waals surface area contributed by atoms with Gasteiger partial charge in [0.1, 0.15) is 5.82 Å². The third-order valence-electron chi connectivity index (χ3n) is 5.57. The van der Waals surface area contributed by atoms with Crippen molar-refractivity contribution < 1.29 is 4.79 Å². The van der Waals surface area contributed by atoms with E-state index >= 15 is 0 Å². The number of likely N-dealkylation sites (tertiary alicyclic amines) is 1. The smallest absolute Gasteiger partial charge is 0.226 e. The predicted octanol–water partition coefficient (Wildman–Crippen LogP) is 2.94. The summed E-state index contributed by atoms with van der Waals surface area (Å²) in [5.74, 6) is 1.91. The summed E-state index contributed by atoms with van der Waals surface area (Å²) in [7, 11) is 2.06. The Morgan fingerprint density at radius 1 is 1.28 bits per heavy atom. The Bertz CT molecular complexity index is 744. The molecule has 0 saturated carbocycles. The highest BCUT2D eigenvalue weighted by atomic mass is 35.5. The van der Waals surface area contributed by atoms with E-state index in [4.69, 9.17) is 4.98 Å². The van der Waals surface area contributed by atoms with Gasteiger partial charge < -0.3 is 14.8 Å². The molecule has 1 amide bonds. The van der Waals surface area contributed by atoms with Gasteiger partial charge in [0, 0.05) is 19.5 Å². The Labute approximate surface area is 161 Å². The molecule has 2 unspecified atom stereocenters. The second-order valence-corrected chi connectivity index (χ2v) is 6.91. The van der Waals surface area contributed by atoms with Gasteiger partial charge >= 0.3 is 0 Å². The topological polar surface area (TPSA) is 50.2 Å². The van der Waals surface area contributed by atoms with E-state index in [1.807, 2.05) is 18.2 Å². The molecule has 2 fully saturated rings. The van der Waals surface area contributed by atoms with Crippen molar-refractivity contribution in [3.63, 3.8) is 0 Å². The molecule has 25 heavy (non-hydrogen) atoms. The number of hydrogen-bond donors (Lipinski definition) is 1. The first-order valence-corrected chi connectivity index (χ1v) is 8.59. The molecule has 2 aliphatic heterocycles. The number of imidazole rings is 1. The van der Waals surface area contributed by atoms with Gasteiger partial charge in [-0.25, -0.2) is 4.98 Å². The van der Waals surface area contributed by atoms with Crippen LogP contribution in [0.5, 0.6) is 0 Å². The first-order chi connectivity index (χ1) is 11.2. The van der Waals surface area contributed by atoms with Gasteiger partial charge in [-0.05, 0) is 44.0 Å². The molecular formula is C18H26Cl2N4O. The van der Waals surface area contributed by atoms with E-state index in [2.05, 4.69) is 34.8 Å². The monoisotopic (exact) mass is 384 g/mol. The fraction of sp³-hybridized carbons (Fsp3) is 0.556. The number of carbonyl (C=O) groups is 1. The van der Waals surface area contributed by atoms with Gasteiger partial charge in [-0.15, -0.1) is 24.8 Å². The summed E-state index contributed by atoms with van der Waals surface area (Å²) in [5, 5.41) is 3.27. The third kappa shape index (κ3) is 3.37. The minimum Gasteiger partial charge on any atom is -0.332 e. The molecule has 3 heterocycles. The van der Waals surface area contributed by atoms with Crippen molar-refractivity contribution in [3.05, 3.63) is 30.1 Å². The largest absolute Gasteiger partial charge is 0.332 e. The van der Waals surface area contributed by atoms with Crippen LogP contribution in [-0.2, 0) is 11.8 Å². The van der Waals surface area contributed by atoms with E-state index in [-0.39, 0.29) is 36.8 Å². The molecule has 2 aromatic rings. The van der Waals surface area contributed by atoms with Crippen molar-refractivity contribution in [1.82, 2.24) is 19.8 Å². The summed E-state index contributed by atoms with van der Waals surface area (Å²) in [4.78, 5) is 19.8. The maximum absolute atomic E-state index is 13.0. The molecule has 0 bridgehead atoms. The normalized spacial score (nSPS) is 21.4. The fourth-order valence-corrected chi connectivity index (χ4v) is 3.89. The number of aromatic nitrogens is 2. The molecule has 2 atom stereocenters. The molecule has 2 aliphatic rings. The minimum atomic E-state index is 0. The van der Waals surface area contributed by atoms with Crippen molar-refractivity contribution in [1.29, 1.82) is 0 Å². The number of hydrogen-bond acceptors (Lipinski definition) is 3. The highest BCUT2D eigenvalue weighted by Crippen LogP contribution is 2.35. The molecule has 5 nitrogen and oxygen atoms in total. The Balaban J connectivity index is 0.00000113. The summed E-state index contributed by atoms with van der Waals surface area (Å²) in [6.45, 7) is 4.88.